The largest absolute Gasteiger partial charge is 0.457 e. The number of hydrogen-bond acceptors (Lipinski definition) is 4. The van der Waals surface area contributed by atoms with Gasteiger partial charge in [0, 0.05) is 17.7 Å². The summed E-state index contributed by atoms with van der Waals surface area (Å²) in [5, 5.41) is 0.921. The van der Waals surface area contributed by atoms with E-state index in [1.807, 2.05) is 53.4 Å². The molecule has 2 aromatic rings. The third-order valence-electron chi connectivity index (χ3n) is 6.60. The Labute approximate surface area is 188 Å². The molecule has 1 aromatic heterocycles. The minimum atomic E-state index is 0.101. The van der Waals surface area contributed by atoms with Crippen molar-refractivity contribution in [2.24, 2.45) is 4.99 Å². The lowest BCUT2D eigenvalue weighted by Gasteiger charge is -2.31. The zero-order valence-electron chi connectivity index (χ0n) is 18.0. The first-order valence-corrected chi connectivity index (χ1v) is 12.6. The molecular weight excluding hydrogens is 404 g/mol. The second-order valence-corrected chi connectivity index (χ2v) is 9.86. The van der Waals surface area contributed by atoms with Gasteiger partial charge in [0.25, 0.3) is 5.91 Å². The van der Waals surface area contributed by atoms with Crippen LogP contribution in [-0.4, -0.2) is 28.1 Å². The van der Waals surface area contributed by atoms with Crippen LogP contribution in [0.5, 0.6) is 0 Å². The molecule has 0 N–H and O–H groups in total. The van der Waals surface area contributed by atoms with Gasteiger partial charge in [0.2, 0.25) is 0 Å². The Morgan fingerprint density at radius 3 is 2.35 bits per heavy atom. The second kappa shape index (κ2) is 9.47. The maximum atomic E-state index is 13.5. The van der Waals surface area contributed by atoms with Gasteiger partial charge in [-0.3, -0.25) is 14.7 Å². The van der Waals surface area contributed by atoms with Crippen molar-refractivity contribution >= 4 is 28.9 Å². The number of benzene rings is 1. The Bertz CT molecular complexity index is 966. The predicted octanol–water partition coefficient (Wildman–Crippen LogP) is 6.88. The Balaban J connectivity index is 1.42. The summed E-state index contributed by atoms with van der Waals surface area (Å²) in [5.74, 6) is 1.64. The average Bonchev–Trinajstić information content (AvgIpc) is 3.40. The van der Waals surface area contributed by atoms with Gasteiger partial charge in [-0.25, -0.2) is 0 Å². The molecular formula is C26H30N2O2S. The summed E-state index contributed by atoms with van der Waals surface area (Å²) in [5.41, 5.74) is 1.04. The summed E-state index contributed by atoms with van der Waals surface area (Å²) in [4.78, 5) is 21.3. The lowest BCUT2D eigenvalue weighted by atomic mass is 9.94. The average molecular weight is 435 g/mol. The van der Waals surface area contributed by atoms with Crippen LogP contribution in [0.3, 0.4) is 0 Å². The first-order chi connectivity index (χ1) is 15.3. The Morgan fingerprint density at radius 1 is 0.903 bits per heavy atom. The van der Waals surface area contributed by atoms with Gasteiger partial charge in [0.1, 0.15) is 11.5 Å². The van der Waals surface area contributed by atoms with Crippen LogP contribution in [0.2, 0.25) is 0 Å². The standard InChI is InChI=1S/C26H30N2O2S/c29-25-24(18-22-16-17-23(30-22)19-10-4-1-5-11-19)31-26(27-20-12-6-2-7-13-20)28(25)21-14-8-3-9-15-21/h1,4-5,10-11,16-18,20-21H,2-3,6-9,12-15H2. The van der Waals surface area contributed by atoms with Gasteiger partial charge in [0.15, 0.2) is 5.17 Å². The van der Waals surface area contributed by atoms with Crippen molar-refractivity contribution in [2.75, 3.05) is 0 Å². The van der Waals surface area contributed by atoms with Gasteiger partial charge in [-0.15, -0.1) is 0 Å². The predicted molar refractivity (Wildman–Crippen MR) is 128 cm³/mol. The van der Waals surface area contributed by atoms with E-state index < -0.39 is 0 Å². The van der Waals surface area contributed by atoms with E-state index >= 15 is 0 Å². The molecule has 1 aliphatic heterocycles. The van der Waals surface area contributed by atoms with E-state index in [1.165, 1.54) is 38.5 Å². The number of hydrogen-bond donors (Lipinski definition) is 0. The second-order valence-electron chi connectivity index (χ2n) is 8.85. The maximum Gasteiger partial charge on any atom is 0.267 e. The van der Waals surface area contributed by atoms with Crippen LogP contribution in [0, 0.1) is 0 Å². The van der Waals surface area contributed by atoms with Crippen molar-refractivity contribution in [2.45, 2.75) is 76.3 Å². The van der Waals surface area contributed by atoms with E-state index in [2.05, 4.69) is 0 Å². The molecule has 1 amide bonds. The fraction of sp³-hybridized carbons (Fsp3) is 0.462. The first kappa shape index (κ1) is 20.6. The van der Waals surface area contributed by atoms with Crippen LogP contribution < -0.4 is 0 Å². The lowest BCUT2D eigenvalue weighted by Crippen LogP contribution is -2.41. The van der Waals surface area contributed by atoms with Gasteiger partial charge in [-0.1, -0.05) is 68.9 Å². The van der Waals surface area contributed by atoms with Crippen molar-refractivity contribution in [1.29, 1.82) is 0 Å². The summed E-state index contributed by atoms with van der Waals surface area (Å²) >= 11 is 1.54. The number of aliphatic imine (C=N–C) groups is 1. The topological polar surface area (TPSA) is 45.8 Å². The zero-order chi connectivity index (χ0) is 21.0. The van der Waals surface area contributed by atoms with Crippen molar-refractivity contribution in [1.82, 2.24) is 4.90 Å². The maximum absolute atomic E-state index is 13.5. The van der Waals surface area contributed by atoms with Gasteiger partial charge in [0.05, 0.1) is 10.9 Å². The van der Waals surface area contributed by atoms with Gasteiger partial charge < -0.3 is 4.42 Å². The van der Waals surface area contributed by atoms with Crippen molar-refractivity contribution in [3.05, 3.63) is 53.1 Å². The van der Waals surface area contributed by atoms with E-state index in [9.17, 15) is 4.79 Å². The highest BCUT2D eigenvalue weighted by atomic mass is 32.2. The molecule has 0 spiro atoms. The van der Waals surface area contributed by atoms with Gasteiger partial charge in [-0.05, 0) is 49.6 Å². The number of amides is 1. The highest BCUT2D eigenvalue weighted by Gasteiger charge is 2.39. The molecule has 2 aliphatic carbocycles. The van der Waals surface area contributed by atoms with Crippen LogP contribution in [0.4, 0.5) is 0 Å². The van der Waals surface area contributed by atoms with E-state index in [-0.39, 0.29) is 5.91 Å². The third kappa shape index (κ3) is 4.67. The summed E-state index contributed by atoms with van der Waals surface area (Å²) in [6.45, 7) is 0. The number of amidine groups is 1. The number of rotatable bonds is 4. The normalized spacial score (nSPS) is 23.9. The molecule has 1 saturated heterocycles. The van der Waals surface area contributed by atoms with E-state index in [0.717, 1.165) is 52.8 Å². The summed E-state index contributed by atoms with van der Waals surface area (Å²) in [6.07, 6.45) is 13.9. The zero-order valence-corrected chi connectivity index (χ0v) is 18.8. The smallest absolute Gasteiger partial charge is 0.267 e. The Hall–Kier alpha value is -2.27. The van der Waals surface area contributed by atoms with Crippen molar-refractivity contribution in [3.63, 3.8) is 0 Å². The molecule has 0 atom stereocenters. The van der Waals surface area contributed by atoms with Gasteiger partial charge >= 0.3 is 0 Å². The van der Waals surface area contributed by atoms with Gasteiger partial charge in [-0.2, -0.15) is 0 Å². The summed E-state index contributed by atoms with van der Waals surface area (Å²) in [6, 6.07) is 14.6. The van der Waals surface area contributed by atoms with Crippen LogP contribution >= 0.6 is 11.8 Å². The number of furan rings is 1. The Kier molecular flexibility index (Phi) is 6.30. The number of carbonyl (C=O) groups excluding carboxylic acids is 1. The third-order valence-corrected chi connectivity index (χ3v) is 7.60. The fourth-order valence-corrected chi connectivity index (χ4v) is 6.01. The van der Waals surface area contributed by atoms with Crippen LogP contribution in [0.1, 0.15) is 70.0 Å². The quantitative estimate of drug-likeness (QED) is 0.493. The molecule has 3 fully saturated rings. The Morgan fingerprint density at radius 2 is 1.61 bits per heavy atom. The number of thioether (sulfide) groups is 1. The van der Waals surface area contributed by atoms with Crippen molar-refractivity contribution in [3.8, 4) is 11.3 Å². The molecule has 5 rings (SSSR count). The minimum absolute atomic E-state index is 0.101. The SMILES string of the molecule is O=C1C(=Cc2ccc(-c3ccccc3)o2)SC(=NC2CCCCC2)N1C1CCCCC1. The molecule has 162 valence electrons. The first-order valence-electron chi connectivity index (χ1n) is 11.7. The highest BCUT2D eigenvalue weighted by molar-refractivity contribution is 8.18. The van der Waals surface area contributed by atoms with E-state index in [4.69, 9.17) is 9.41 Å². The van der Waals surface area contributed by atoms with Crippen LogP contribution in [0.25, 0.3) is 17.4 Å². The molecule has 31 heavy (non-hydrogen) atoms. The molecule has 0 unspecified atom stereocenters. The summed E-state index contributed by atoms with van der Waals surface area (Å²) in [7, 11) is 0. The van der Waals surface area contributed by atoms with Crippen LogP contribution in [-0.2, 0) is 4.79 Å². The highest BCUT2D eigenvalue weighted by Crippen LogP contribution is 2.39. The minimum Gasteiger partial charge on any atom is -0.457 e. The number of nitrogens with zero attached hydrogens (tertiary/aromatic N) is 2. The number of carbonyl (C=O) groups is 1. The molecule has 0 radical (unpaired) electrons. The van der Waals surface area contributed by atoms with E-state index in [0.29, 0.717) is 12.1 Å². The fourth-order valence-electron chi connectivity index (χ4n) is 4.92. The van der Waals surface area contributed by atoms with Crippen LogP contribution in [0.15, 0.2) is 56.8 Å². The van der Waals surface area contributed by atoms with Crippen molar-refractivity contribution < 1.29 is 9.21 Å². The molecule has 5 heteroatoms. The monoisotopic (exact) mass is 434 g/mol. The van der Waals surface area contributed by atoms with E-state index in [1.54, 1.807) is 11.8 Å². The molecule has 0 bridgehead atoms. The lowest BCUT2D eigenvalue weighted by molar-refractivity contribution is -0.124. The molecule has 2 saturated carbocycles. The molecule has 1 aromatic carbocycles. The molecule has 2 heterocycles. The summed E-state index contributed by atoms with van der Waals surface area (Å²) < 4.78 is 6.05. The molecule has 3 aliphatic rings. The molecule has 4 nitrogen and oxygen atoms in total.